The van der Waals surface area contributed by atoms with Crippen molar-refractivity contribution in [3.63, 3.8) is 0 Å². The Bertz CT molecular complexity index is 1710. The van der Waals surface area contributed by atoms with Gasteiger partial charge in [-0.15, -0.1) is 12.4 Å². The van der Waals surface area contributed by atoms with Crippen molar-refractivity contribution in [1.29, 1.82) is 0 Å². The standard InChI is InChI=1S/C32H32N6O3.ClH/c1-37-19-29-32(36-37)31(40-2)16-28(33-29)20-7-8-23(25(15-20)24-5-3-4-6-30(24)39)27-10-9-26(34-35-27)21-17-38(18-21)22-11-13-41-14-12-22;/h3-10,15-16,19,21-22,39H,11-14,17-18H2,1-2H3;1H. The Morgan fingerprint density at radius 3 is 2.45 bits per heavy atom. The minimum atomic E-state index is 0. The molecule has 0 atom stereocenters. The number of hydrogen-bond donors (Lipinski definition) is 1. The number of halogens is 1. The summed E-state index contributed by atoms with van der Waals surface area (Å²) in [6.45, 7) is 3.77. The van der Waals surface area contributed by atoms with Crippen molar-refractivity contribution in [3.05, 3.63) is 72.6 Å². The third-order valence-electron chi connectivity index (χ3n) is 8.28. The molecule has 10 heteroatoms. The number of para-hydroxylation sites is 1. The second kappa shape index (κ2) is 11.7. The summed E-state index contributed by atoms with van der Waals surface area (Å²) < 4.78 is 12.9. The monoisotopic (exact) mass is 584 g/mol. The van der Waals surface area contributed by atoms with Crippen LogP contribution in [0.25, 0.3) is 44.7 Å². The molecule has 0 radical (unpaired) electrons. The smallest absolute Gasteiger partial charge is 0.153 e. The van der Waals surface area contributed by atoms with Crippen LogP contribution in [0.3, 0.4) is 0 Å². The molecular formula is C32H33ClN6O3. The summed E-state index contributed by atoms with van der Waals surface area (Å²) in [4.78, 5) is 7.40. The number of benzene rings is 2. The van der Waals surface area contributed by atoms with Crippen LogP contribution in [-0.4, -0.2) is 74.4 Å². The highest BCUT2D eigenvalue weighted by atomic mass is 35.5. The lowest BCUT2D eigenvalue weighted by atomic mass is 9.91. The molecule has 5 heterocycles. The van der Waals surface area contributed by atoms with E-state index in [1.54, 1.807) is 17.9 Å². The Balaban J connectivity index is 0.00000316. The number of fused-ring (bicyclic) bond motifs is 1. The van der Waals surface area contributed by atoms with Gasteiger partial charge in [0.25, 0.3) is 0 Å². The van der Waals surface area contributed by atoms with Gasteiger partial charge in [0.05, 0.1) is 30.4 Å². The molecule has 7 rings (SSSR count). The maximum Gasteiger partial charge on any atom is 0.153 e. The first-order chi connectivity index (χ1) is 20.1. The van der Waals surface area contributed by atoms with Crippen LogP contribution >= 0.6 is 12.4 Å². The molecule has 0 bridgehead atoms. The van der Waals surface area contributed by atoms with Crippen molar-refractivity contribution in [3.8, 4) is 45.1 Å². The molecule has 0 unspecified atom stereocenters. The zero-order chi connectivity index (χ0) is 27.9. The molecule has 9 nitrogen and oxygen atoms in total. The fraction of sp³-hybridized carbons (Fsp3) is 0.312. The van der Waals surface area contributed by atoms with Crippen LogP contribution in [0.1, 0.15) is 24.5 Å². The van der Waals surface area contributed by atoms with Crippen molar-refractivity contribution >= 4 is 23.4 Å². The molecule has 2 fully saturated rings. The molecule has 2 aliphatic rings. The fourth-order valence-electron chi connectivity index (χ4n) is 5.99. The Morgan fingerprint density at radius 1 is 0.905 bits per heavy atom. The molecule has 2 aromatic carbocycles. The number of methoxy groups -OCH3 is 1. The highest BCUT2D eigenvalue weighted by molar-refractivity contribution is 5.89. The van der Waals surface area contributed by atoms with Gasteiger partial charge < -0.3 is 14.6 Å². The number of ether oxygens (including phenoxy) is 2. The summed E-state index contributed by atoms with van der Waals surface area (Å²) in [6.07, 6.45) is 4.10. The first-order valence-corrected chi connectivity index (χ1v) is 14.0. The van der Waals surface area contributed by atoms with E-state index in [0.717, 1.165) is 84.0 Å². The highest BCUT2D eigenvalue weighted by Gasteiger charge is 2.35. The van der Waals surface area contributed by atoms with Gasteiger partial charge in [0, 0.05) is 68.1 Å². The zero-order valence-electron chi connectivity index (χ0n) is 23.6. The van der Waals surface area contributed by atoms with Crippen molar-refractivity contribution < 1.29 is 14.6 Å². The van der Waals surface area contributed by atoms with Crippen LogP contribution in [0.15, 0.2) is 66.9 Å². The van der Waals surface area contributed by atoms with Crippen molar-refractivity contribution in [2.45, 2.75) is 24.8 Å². The van der Waals surface area contributed by atoms with Gasteiger partial charge in [0.15, 0.2) is 11.3 Å². The van der Waals surface area contributed by atoms with Crippen LogP contribution in [0.5, 0.6) is 11.5 Å². The lowest BCUT2D eigenvalue weighted by molar-refractivity contribution is 0.000892. The quantitative estimate of drug-likeness (QED) is 0.280. The van der Waals surface area contributed by atoms with Gasteiger partial charge in [-0.25, -0.2) is 4.98 Å². The zero-order valence-corrected chi connectivity index (χ0v) is 24.4. The molecule has 3 aromatic heterocycles. The molecule has 0 saturated carbocycles. The molecule has 0 spiro atoms. The number of rotatable bonds is 6. The number of hydrogen-bond acceptors (Lipinski definition) is 8. The molecule has 2 aliphatic heterocycles. The Kier molecular flexibility index (Phi) is 7.81. The van der Waals surface area contributed by atoms with E-state index in [-0.39, 0.29) is 18.2 Å². The maximum absolute atomic E-state index is 10.8. The normalized spacial score (nSPS) is 16.2. The highest BCUT2D eigenvalue weighted by Crippen LogP contribution is 2.40. The van der Waals surface area contributed by atoms with Gasteiger partial charge in [-0.3, -0.25) is 9.58 Å². The van der Waals surface area contributed by atoms with E-state index >= 15 is 0 Å². The van der Waals surface area contributed by atoms with Gasteiger partial charge in [-0.05, 0) is 42.7 Å². The molecule has 42 heavy (non-hydrogen) atoms. The predicted octanol–water partition coefficient (Wildman–Crippen LogP) is 5.47. The van der Waals surface area contributed by atoms with E-state index < -0.39 is 0 Å². The van der Waals surface area contributed by atoms with Crippen LogP contribution in [0, 0.1) is 0 Å². The minimum Gasteiger partial charge on any atom is -0.507 e. The third-order valence-corrected chi connectivity index (χ3v) is 8.28. The van der Waals surface area contributed by atoms with E-state index in [1.807, 2.05) is 61.8 Å². The Labute approximate surface area is 250 Å². The van der Waals surface area contributed by atoms with Crippen LogP contribution < -0.4 is 4.74 Å². The molecule has 2 saturated heterocycles. The van der Waals surface area contributed by atoms with Gasteiger partial charge in [-0.1, -0.05) is 30.3 Å². The number of phenolic OH excluding ortho intramolecular Hbond substituents is 1. The van der Waals surface area contributed by atoms with Crippen LogP contribution in [0.4, 0.5) is 0 Å². The first kappa shape index (κ1) is 28.1. The second-order valence-electron chi connectivity index (χ2n) is 10.9. The first-order valence-electron chi connectivity index (χ1n) is 14.0. The number of phenols is 1. The molecule has 5 aromatic rings. The number of nitrogens with zero attached hydrogens (tertiary/aromatic N) is 6. The van der Waals surface area contributed by atoms with Crippen molar-refractivity contribution in [2.75, 3.05) is 33.4 Å². The van der Waals surface area contributed by atoms with E-state index in [1.165, 1.54) is 0 Å². The van der Waals surface area contributed by atoms with Gasteiger partial charge in [0.1, 0.15) is 11.3 Å². The summed E-state index contributed by atoms with van der Waals surface area (Å²) in [7, 11) is 3.50. The van der Waals surface area contributed by atoms with Crippen molar-refractivity contribution in [2.24, 2.45) is 7.05 Å². The SMILES string of the molecule is COc1cc(-c2ccc(-c3ccc(C4CN(C5CCOCC5)C4)nn3)c(-c3ccccc3O)c2)nc2cn(C)nc12.Cl. The fourth-order valence-corrected chi connectivity index (χ4v) is 5.99. The molecular weight excluding hydrogens is 552 g/mol. The van der Waals surface area contributed by atoms with Crippen LogP contribution in [0.2, 0.25) is 0 Å². The Hall–Kier alpha value is -4.05. The van der Waals surface area contributed by atoms with Crippen LogP contribution in [-0.2, 0) is 11.8 Å². The number of likely N-dealkylation sites (tertiary alicyclic amines) is 1. The molecule has 0 aliphatic carbocycles. The average molecular weight is 585 g/mol. The summed E-state index contributed by atoms with van der Waals surface area (Å²) in [5.74, 6) is 1.26. The number of aromatic nitrogens is 5. The number of aryl methyl sites for hydroxylation is 1. The summed E-state index contributed by atoms with van der Waals surface area (Å²) in [6, 6.07) is 20.1. The second-order valence-corrected chi connectivity index (χ2v) is 10.9. The summed E-state index contributed by atoms with van der Waals surface area (Å²) in [5.41, 5.74) is 7.36. The van der Waals surface area contributed by atoms with Gasteiger partial charge in [-0.2, -0.15) is 15.3 Å². The topological polar surface area (TPSA) is 98.4 Å². The number of aromatic hydroxyl groups is 1. The van der Waals surface area contributed by atoms with E-state index in [9.17, 15) is 5.11 Å². The van der Waals surface area contributed by atoms with Gasteiger partial charge >= 0.3 is 0 Å². The lowest BCUT2D eigenvalue weighted by Gasteiger charge is -2.45. The average Bonchev–Trinajstić information content (AvgIpc) is 3.37. The number of pyridine rings is 1. The van der Waals surface area contributed by atoms with Crippen molar-refractivity contribution in [1.82, 2.24) is 29.9 Å². The van der Waals surface area contributed by atoms with Gasteiger partial charge in [0.2, 0.25) is 0 Å². The largest absolute Gasteiger partial charge is 0.507 e. The van der Waals surface area contributed by atoms with E-state index in [4.69, 9.17) is 14.5 Å². The molecule has 0 amide bonds. The predicted molar refractivity (Wildman–Crippen MR) is 164 cm³/mol. The lowest BCUT2D eigenvalue weighted by Crippen LogP contribution is -2.52. The van der Waals surface area contributed by atoms with E-state index in [2.05, 4.69) is 26.3 Å². The molecule has 216 valence electrons. The van der Waals surface area contributed by atoms with E-state index in [0.29, 0.717) is 23.2 Å². The minimum absolute atomic E-state index is 0. The maximum atomic E-state index is 10.8. The third kappa shape index (κ3) is 5.19. The summed E-state index contributed by atoms with van der Waals surface area (Å²) in [5, 5.41) is 24.6. The summed E-state index contributed by atoms with van der Waals surface area (Å²) >= 11 is 0. The molecule has 1 N–H and O–H groups in total. The Morgan fingerprint density at radius 2 is 1.71 bits per heavy atom.